The molecule has 0 atom stereocenters. The Morgan fingerprint density at radius 2 is 2.00 bits per heavy atom. The Kier molecular flexibility index (Phi) is 4.23. The van der Waals surface area contributed by atoms with Crippen LogP contribution >= 0.6 is 0 Å². The fourth-order valence-corrected chi connectivity index (χ4v) is 2.60. The average molecular weight is 353 g/mol. The lowest BCUT2D eigenvalue weighted by molar-refractivity contribution is -0.143. The highest BCUT2D eigenvalue weighted by molar-refractivity contribution is 5.93. The number of aromatic nitrogens is 2. The van der Waals surface area contributed by atoms with E-state index in [0.717, 1.165) is 19.3 Å². The molecule has 25 heavy (non-hydrogen) atoms. The Balaban J connectivity index is 1.96. The van der Waals surface area contributed by atoms with E-state index in [1.165, 1.54) is 18.2 Å². The molecule has 0 radical (unpaired) electrons. The number of nitrogens with zero attached hydrogens (tertiary/aromatic N) is 2. The van der Waals surface area contributed by atoms with Gasteiger partial charge in [-0.2, -0.15) is 18.3 Å². The van der Waals surface area contributed by atoms with Gasteiger partial charge < -0.3 is 10.4 Å². The van der Waals surface area contributed by atoms with Crippen molar-refractivity contribution in [2.24, 2.45) is 5.92 Å². The third-order valence-electron chi connectivity index (χ3n) is 4.10. The first kappa shape index (κ1) is 17.0. The first-order valence-electron chi connectivity index (χ1n) is 7.57. The molecular weight excluding hydrogens is 339 g/mol. The zero-order valence-corrected chi connectivity index (χ0v) is 12.9. The molecule has 0 aliphatic heterocycles. The molecule has 0 bridgehead atoms. The van der Waals surface area contributed by atoms with Gasteiger partial charge in [-0.25, -0.2) is 9.48 Å². The van der Waals surface area contributed by atoms with E-state index in [4.69, 9.17) is 5.11 Å². The van der Waals surface area contributed by atoms with Gasteiger partial charge >= 0.3 is 12.1 Å². The van der Waals surface area contributed by atoms with Crippen molar-refractivity contribution >= 4 is 17.6 Å². The summed E-state index contributed by atoms with van der Waals surface area (Å²) in [6, 6.07) is 5.69. The average Bonchev–Trinajstić information content (AvgIpc) is 2.90. The van der Waals surface area contributed by atoms with Crippen LogP contribution in [0.4, 0.5) is 18.9 Å². The molecule has 1 amide bonds. The van der Waals surface area contributed by atoms with Crippen molar-refractivity contribution in [3.05, 3.63) is 41.7 Å². The van der Waals surface area contributed by atoms with Gasteiger partial charge in [0.15, 0.2) is 5.69 Å². The normalized spacial score (nSPS) is 14.8. The van der Waals surface area contributed by atoms with E-state index in [2.05, 4.69) is 10.4 Å². The lowest BCUT2D eigenvalue weighted by Gasteiger charge is -2.24. The lowest BCUT2D eigenvalue weighted by Crippen LogP contribution is -2.28. The van der Waals surface area contributed by atoms with Crippen molar-refractivity contribution in [1.29, 1.82) is 0 Å². The van der Waals surface area contributed by atoms with Gasteiger partial charge in [-0.3, -0.25) is 4.79 Å². The minimum Gasteiger partial charge on any atom is -0.478 e. The Hall–Kier alpha value is -2.84. The predicted octanol–water partition coefficient (Wildman–Crippen LogP) is 3.33. The largest absolute Gasteiger partial charge is 0.478 e. The van der Waals surface area contributed by atoms with Crippen LogP contribution in [0.25, 0.3) is 5.69 Å². The van der Waals surface area contributed by atoms with E-state index in [9.17, 15) is 22.8 Å². The number of alkyl halides is 3. The van der Waals surface area contributed by atoms with Crippen molar-refractivity contribution in [1.82, 2.24) is 9.78 Å². The number of carbonyl (C=O) groups excluding carboxylic acids is 1. The molecule has 0 unspecified atom stereocenters. The third kappa shape index (κ3) is 3.35. The second-order valence-corrected chi connectivity index (χ2v) is 5.79. The smallest absolute Gasteiger partial charge is 0.434 e. The highest BCUT2D eigenvalue weighted by Crippen LogP contribution is 2.34. The highest BCUT2D eigenvalue weighted by atomic mass is 19.4. The number of halogens is 3. The molecule has 2 N–H and O–H groups in total. The van der Waals surface area contributed by atoms with Gasteiger partial charge in [-0.15, -0.1) is 0 Å². The molecule has 132 valence electrons. The van der Waals surface area contributed by atoms with Crippen LogP contribution in [-0.4, -0.2) is 26.8 Å². The van der Waals surface area contributed by atoms with Crippen molar-refractivity contribution < 1.29 is 27.9 Å². The molecule has 1 heterocycles. The van der Waals surface area contributed by atoms with Crippen molar-refractivity contribution in [3.63, 3.8) is 0 Å². The maximum Gasteiger partial charge on any atom is 0.434 e. The van der Waals surface area contributed by atoms with Crippen LogP contribution < -0.4 is 5.32 Å². The summed E-state index contributed by atoms with van der Waals surface area (Å²) in [6.45, 7) is 0. The summed E-state index contributed by atoms with van der Waals surface area (Å²) in [4.78, 5) is 23.0. The zero-order chi connectivity index (χ0) is 18.2. The van der Waals surface area contributed by atoms with Gasteiger partial charge in [0.2, 0.25) is 5.91 Å². The number of anilines is 1. The second kappa shape index (κ2) is 6.23. The molecule has 1 aromatic heterocycles. The number of hydrogen-bond acceptors (Lipinski definition) is 3. The van der Waals surface area contributed by atoms with Gasteiger partial charge in [0.25, 0.3) is 0 Å². The SMILES string of the molecule is O=C(O)c1cnn(-c2cccc(NC(=O)C3CCC3)c2)c1C(F)(F)F. The molecule has 3 rings (SSSR count). The summed E-state index contributed by atoms with van der Waals surface area (Å²) in [5.41, 5.74) is -1.97. The molecule has 1 aliphatic carbocycles. The summed E-state index contributed by atoms with van der Waals surface area (Å²) in [5, 5.41) is 15.2. The van der Waals surface area contributed by atoms with Gasteiger partial charge in [-0.05, 0) is 31.0 Å². The molecule has 1 saturated carbocycles. The molecule has 0 saturated heterocycles. The monoisotopic (exact) mass is 353 g/mol. The van der Waals surface area contributed by atoms with E-state index < -0.39 is 23.4 Å². The Bertz CT molecular complexity index is 826. The second-order valence-electron chi connectivity index (χ2n) is 5.79. The van der Waals surface area contributed by atoms with Crippen LogP contribution in [0.2, 0.25) is 0 Å². The van der Waals surface area contributed by atoms with Crippen molar-refractivity contribution in [2.75, 3.05) is 5.32 Å². The number of hydrogen-bond donors (Lipinski definition) is 2. The zero-order valence-electron chi connectivity index (χ0n) is 12.9. The van der Waals surface area contributed by atoms with Crippen LogP contribution in [0.5, 0.6) is 0 Å². The molecular formula is C16H14F3N3O3. The molecule has 0 spiro atoms. The van der Waals surface area contributed by atoms with E-state index >= 15 is 0 Å². The first-order valence-corrected chi connectivity index (χ1v) is 7.57. The minimum atomic E-state index is -4.89. The summed E-state index contributed by atoms with van der Waals surface area (Å²) in [7, 11) is 0. The van der Waals surface area contributed by atoms with Gasteiger partial charge in [-0.1, -0.05) is 12.5 Å². The van der Waals surface area contributed by atoms with E-state index in [1.54, 1.807) is 6.07 Å². The van der Waals surface area contributed by atoms with Crippen LogP contribution in [0, 0.1) is 5.92 Å². The summed E-state index contributed by atoms with van der Waals surface area (Å²) in [6.07, 6.45) is -1.66. The number of nitrogens with one attached hydrogen (secondary N) is 1. The number of amides is 1. The van der Waals surface area contributed by atoms with E-state index in [0.29, 0.717) is 16.6 Å². The van der Waals surface area contributed by atoms with Crippen LogP contribution in [-0.2, 0) is 11.0 Å². The third-order valence-corrected chi connectivity index (χ3v) is 4.10. The number of rotatable bonds is 4. The predicted molar refractivity (Wildman–Crippen MR) is 81.5 cm³/mol. The number of carbonyl (C=O) groups is 2. The van der Waals surface area contributed by atoms with Gasteiger partial charge in [0.05, 0.1) is 11.9 Å². The Morgan fingerprint density at radius 3 is 2.56 bits per heavy atom. The minimum absolute atomic E-state index is 0.00577. The van der Waals surface area contributed by atoms with Crippen LogP contribution in [0.15, 0.2) is 30.5 Å². The molecule has 1 aliphatic rings. The molecule has 6 nitrogen and oxygen atoms in total. The number of carboxylic acids is 1. The fraction of sp³-hybridized carbons (Fsp3) is 0.312. The quantitative estimate of drug-likeness (QED) is 0.883. The van der Waals surface area contributed by atoms with E-state index in [1.807, 2.05) is 0 Å². The number of carboxylic acid groups (broad SMARTS) is 1. The Labute approximate surface area is 140 Å². The van der Waals surface area contributed by atoms with Crippen LogP contribution in [0.3, 0.4) is 0 Å². The molecule has 1 fully saturated rings. The topological polar surface area (TPSA) is 84.2 Å². The molecule has 9 heteroatoms. The van der Waals surface area contributed by atoms with Gasteiger partial charge in [0, 0.05) is 11.6 Å². The van der Waals surface area contributed by atoms with Crippen molar-refractivity contribution in [3.8, 4) is 5.69 Å². The molecule has 1 aromatic carbocycles. The van der Waals surface area contributed by atoms with Crippen molar-refractivity contribution in [2.45, 2.75) is 25.4 Å². The fourth-order valence-electron chi connectivity index (χ4n) is 2.60. The first-order chi connectivity index (χ1) is 11.8. The highest BCUT2D eigenvalue weighted by Gasteiger charge is 2.40. The lowest BCUT2D eigenvalue weighted by atomic mass is 9.85. The van der Waals surface area contributed by atoms with Crippen LogP contribution in [0.1, 0.15) is 35.3 Å². The van der Waals surface area contributed by atoms with Gasteiger partial charge in [0.1, 0.15) is 5.56 Å². The Morgan fingerprint density at radius 1 is 1.28 bits per heavy atom. The number of aromatic carboxylic acids is 1. The summed E-state index contributed by atoms with van der Waals surface area (Å²) < 4.78 is 40.3. The van der Waals surface area contributed by atoms with E-state index in [-0.39, 0.29) is 17.5 Å². The summed E-state index contributed by atoms with van der Waals surface area (Å²) >= 11 is 0. The molecule has 2 aromatic rings. The summed E-state index contributed by atoms with van der Waals surface area (Å²) in [5.74, 6) is -1.96. The number of benzene rings is 1. The standard InChI is InChI=1S/C16H14F3N3O3/c17-16(18,19)13-12(15(24)25)8-20-22(13)11-6-2-5-10(7-11)21-14(23)9-3-1-4-9/h2,5-9H,1,3-4H2,(H,21,23)(H,24,25). The maximum absolute atomic E-state index is 13.3. The maximum atomic E-state index is 13.3.